The molecule has 4 heteroatoms. The van der Waals surface area contributed by atoms with E-state index >= 15 is 0 Å². The maximum absolute atomic E-state index is 11.4. The fourth-order valence-corrected chi connectivity index (χ4v) is 2.76. The van der Waals surface area contributed by atoms with Crippen LogP contribution in [0.3, 0.4) is 0 Å². The van der Waals surface area contributed by atoms with Gasteiger partial charge in [-0.15, -0.1) is 0 Å². The molecule has 0 aromatic heterocycles. The molecule has 26 heavy (non-hydrogen) atoms. The second kappa shape index (κ2) is 23.2. The summed E-state index contributed by atoms with van der Waals surface area (Å²) in [4.78, 5) is 11.4. The number of unbranched alkanes of at least 4 members (excludes halogenated alkanes) is 9. The van der Waals surface area contributed by atoms with Crippen LogP contribution in [0.2, 0.25) is 0 Å². The van der Waals surface area contributed by atoms with Crippen LogP contribution in [-0.2, 0) is 9.53 Å². The zero-order valence-electron chi connectivity index (χ0n) is 17.8. The van der Waals surface area contributed by atoms with E-state index in [4.69, 9.17) is 4.74 Å². The van der Waals surface area contributed by atoms with Crippen molar-refractivity contribution in [3.8, 4) is 0 Å². The Hall–Kier alpha value is 0.170. The standard InChI is InChI=1S/C22H42O3.Na/c1-3-5-7-14-17-21(23)18-15-12-10-8-9-11-13-16-19-22(24)25-20-6-4-2;/h12,15,21,23H,3-11,13-14,16-20H2,1-2H3;/b15-12-;/t21-;/m1./s1. The van der Waals surface area contributed by atoms with E-state index in [0.29, 0.717) is 13.0 Å². The molecule has 3 nitrogen and oxygen atoms in total. The summed E-state index contributed by atoms with van der Waals surface area (Å²) in [5.74, 6) is -0.0374. The van der Waals surface area contributed by atoms with Crippen molar-refractivity contribution in [2.24, 2.45) is 0 Å². The fourth-order valence-electron chi connectivity index (χ4n) is 2.76. The molecule has 1 atom stereocenters. The Labute approximate surface area is 184 Å². The molecule has 1 N–H and O–H groups in total. The van der Waals surface area contributed by atoms with Crippen LogP contribution in [0.5, 0.6) is 0 Å². The molecule has 0 unspecified atom stereocenters. The van der Waals surface area contributed by atoms with Gasteiger partial charge in [0.2, 0.25) is 0 Å². The van der Waals surface area contributed by atoms with Gasteiger partial charge in [0.1, 0.15) is 0 Å². The van der Waals surface area contributed by atoms with Crippen molar-refractivity contribution in [3.05, 3.63) is 12.2 Å². The zero-order valence-corrected chi connectivity index (χ0v) is 19.8. The molecule has 0 saturated heterocycles. The van der Waals surface area contributed by atoms with Crippen molar-refractivity contribution in [3.63, 3.8) is 0 Å². The number of hydrogen-bond acceptors (Lipinski definition) is 3. The Kier molecular flexibility index (Phi) is 25.3. The van der Waals surface area contributed by atoms with Crippen LogP contribution in [-0.4, -0.2) is 53.3 Å². The van der Waals surface area contributed by atoms with Crippen molar-refractivity contribution in [1.29, 1.82) is 0 Å². The number of carbonyl (C=O) groups excluding carboxylic acids is 1. The first-order valence-corrected chi connectivity index (χ1v) is 10.7. The minimum absolute atomic E-state index is 0. The van der Waals surface area contributed by atoms with Crippen molar-refractivity contribution < 1.29 is 14.6 Å². The van der Waals surface area contributed by atoms with Gasteiger partial charge in [-0.05, 0) is 38.5 Å². The Morgan fingerprint density at radius 3 is 2.27 bits per heavy atom. The Bertz CT molecular complexity index is 319. The monoisotopic (exact) mass is 377 g/mol. The van der Waals surface area contributed by atoms with Gasteiger partial charge in [-0.3, -0.25) is 4.79 Å². The van der Waals surface area contributed by atoms with Gasteiger partial charge in [0, 0.05) is 36.0 Å². The van der Waals surface area contributed by atoms with E-state index in [1.54, 1.807) is 0 Å². The van der Waals surface area contributed by atoms with Gasteiger partial charge in [0.05, 0.1) is 12.7 Å². The predicted octanol–water partition coefficient (Wildman–Crippen LogP) is 5.96. The second-order valence-corrected chi connectivity index (χ2v) is 7.09. The fraction of sp³-hybridized carbons (Fsp3) is 0.864. The first kappa shape index (κ1) is 28.4. The Morgan fingerprint density at radius 1 is 0.885 bits per heavy atom. The Morgan fingerprint density at radius 2 is 1.54 bits per heavy atom. The van der Waals surface area contributed by atoms with E-state index in [-0.39, 0.29) is 41.6 Å². The number of ether oxygens (including phenoxy) is 1. The summed E-state index contributed by atoms with van der Waals surface area (Å²) in [6.45, 7) is 4.89. The van der Waals surface area contributed by atoms with Crippen LogP contribution in [0.15, 0.2) is 12.2 Å². The summed E-state index contributed by atoms with van der Waals surface area (Å²) < 4.78 is 5.14. The van der Waals surface area contributed by atoms with E-state index in [2.05, 4.69) is 26.0 Å². The van der Waals surface area contributed by atoms with Gasteiger partial charge in [-0.25, -0.2) is 0 Å². The molecule has 149 valence electrons. The first-order valence-electron chi connectivity index (χ1n) is 10.7. The first-order chi connectivity index (χ1) is 12.2. The van der Waals surface area contributed by atoms with Gasteiger partial charge < -0.3 is 9.84 Å². The minimum Gasteiger partial charge on any atom is -0.466 e. The summed E-state index contributed by atoms with van der Waals surface area (Å²) in [6.07, 6.45) is 20.2. The molecule has 0 aromatic carbocycles. The number of rotatable bonds is 18. The number of esters is 1. The average molecular weight is 378 g/mol. The maximum atomic E-state index is 11.4. The van der Waals surface area contributed by atoms with Crippen LogP contribution in [0, 0.1) is 0 Å². The van der Waals surface area contributed by atoms with Crippen LogP contribution in [0.25, 0.3) is 0 Å². The zero-order chi connectivity index (χ0) is 18.6. The van der Waals surface area contributed by atoms with E-state index in [1.165, 1.54) is 38.5 Å². The third-order valence-corrected chi connectivity index (χ3v) is 4.48. The van der Waals surface area contributed by atoms with Crippen molar-refractivity contribution in [1.82, 2.24) is 0 Å². The van der Waals surface area contributed by atoms with E-state index in [9.17, 15) is 9.90 Å². The molecule has 0 spiro atoms. The molecule has 0 heterocycles. The molecule has 1 radical (unpaired) electrons. The van der Waals surface area contributed by atoms with Crippen molar-refractivity contribution >= 4 is 35.5 Å². The van der Waals surface area contributed by atoms with Crippen LogP contribution in [0.4, 0.5) is 0 Å². The largest absolute Gasteiger partial charge is 0.466 e. The van der Waals surface area contributed by atoms with E-state index in [1.807, 2.05) is 0 Å². The molecular formula is C22H42NaO3. The maximum Gasteiger partial charge on any atom is 0.305 e. The molecule has 0 aliphatic carbocycles. The smallest absolute Gasteiger partial charge is 0.305 e. The third-order valence-electron chi connectivity index (χ3n) is 4.48. The van der Waals surface area contributed by atoms with Crippen molar-refractivity contribution in [2.45, 2.75) is 116 Å². The quantitative estimate of drug-likeness (QED) is 0.139. The van der Waals surface area contributed by atoms with Crippen LogP contribution in [0.1, 0.15) is 110 Å². The number of allylic oxidation sites excluding steroid dienone is 1. The number of aliphatic hydroxyl groups excluding tert-OH is 1. The summed E-state index contributed by atoms with van der Waals surface area (Å²) in [6, 6.07) is 0. The van der Waals surface area contributed by atoms with Crippen LogP contribution >= 0.6 is 0 Å². The summed E-state index contributed by atoms with van der Waals surface area (Å²) >= 11 is 0. The Balaban J connectivity index is 0. The summed E-state index contributed by atoms with van der Waals surface area (Å²) in [7, 11) is 0. The number of aliphatic hydroxyl groups is 1. The van der Waals surface area contributed by atoms with Gasteiger partial charge >= 0.3 is 5.97 Å². The van der Waals surface area contributed by atoms with Gasteiger partial charge in [-0.2, -0.15) is 0 Å². The normalized spacial score (nSPS) is 12.1. The molecular weight excluding hydrogens is 335 g/mol. The average Bonchev–Trinajstić information content (AvgIpc) is 2.60. The molecule has 0 aromatic rings. The molecule has 0 aliphatic rings. The molecule has 0 amide bonds. The summed E-state index contributed by atoms with van der Waals surface area (Å²) in [5.41, 5.74) is 0. The van der Waals surface area contributed by atoms with Crippen LogP contribution < -0.4 is 0 Å². The molecule has 0 rings (SSSR count). The topological polar surface area (TPSA) is 46.5 Å². The molecule has 0 bridgehead atoms. The molecule has 0 fully saturated rings. The summed E-state index contributed by atoms with van der Waals surface area (Å²) in [5, 5.41) is 9.87. The predicted molar refractivity (Wildman–Crippen MR) is 112 cm³/mol. The van der Waals surface area contributed by atoms with Gasteiger partial charge in [0.25, 0.3) is 0 Å². The minimum atomic E-state index is -0.162. The second-order valence-electron chi connectivity index (χ2n) is 7.09. The number of carbonyl (C=O) groups is 1. The molecule has 0 saturated carbocycles. The SMILES string of the molecule is CCCCCC[C@@H](O)C/C=C\CCCCCCCC(=O)OCCCC.[Na]. The van der Waals surface area contributed by atoms with Gasteiger partial charge in [-0.1, -0.05) is 77.4 Å². The molecule has 0 aliphatic heterocycles. The van der Waals surface area contributed by atoms with Gasteiger partial charge in [0.15, 0.2) is 0 Å². The van der Waals surface area contributed by atoms with E-state index < -0.39 is 0 Å². The third kappa shape index (κ3) is 22.2. The van der Waals surface area contributed by atoms with Crippen molar-refractivity contribution in [2.75, 3.05) is 6.61 Å². The number of hydrogen-bond donors (Lipinski definition) is 1. The van der Waals surface area contributed by atoms with E-state index in [0.717, 1.165) is 51.4 Å².